The van der Waals surface area contributed by atoms with Gasteiger partial charge in [0.1, 0.15) is 5.75 Å². The predicted molar refractivity (Wildman–Crippen MR) is 92.8 cm³/mol. The Hall–Kier alpha value is -2.54. The van der Waals surface area contributed by atoms with Gasteiger partial charge in [-0.2, -0.15) is 13.2 Å². The highest BCUT2D eigenvalue weighted by molar-refractivity contribution is 5.89. The third kappa shape index (κ3) is 3.99. The van der Waals surface area contributed by atoms with Crippen molar-refractivity contribution in [1.82, 2.24) is 5.32 Å². The third-order valence-corrected chi connectivity index (χ3v) is 4.12. The minimum Gasteiger partial charge on any atom is -0.496 e. The summed E-state index contributed by atoms with van der Waals surface area (Å²) in [5.41, 5.74) is 3.92. The minimum atomic E-state index is -4.99. The average Bonchev–Trinajstić information content (AvgIpc) is 2.60. The molecule has 0 spiro atoms. The van der Waals surface area contributed by atoms with E-state index in [1.54, 1.807) is 0 Å². The molecule has 1 amide bonds. The number of alkyl halides is 3. The molecule has 2 rings (SSSR count). The first kappa shape index (κ1) is 19.8. The Balaban J connectivity index is 2.22. The lowest BCUT2D eigenvalue weighted by molar-refractivity contribution is -0.194. The fourth-order valence-electron chi connectivity index (χ4n) is 2.70. The quantitative estimate of drug-likeness (QED) is 0.826. The van der Waals surface area contributed by atoms with E-state index in [2.05, 4.69) is 5.32 Å². The zero-order chi connectivity index (χ0) is 19.4. The molecule has 140 valence electrons. The normalized spacial score (nSPS) is 13.8. The molecule has 0 aromatic heterocycles. The average molecular weight is 366 g/mol. The van der Waals surface area contributed by atoms with E-state index in [0.717, 1.165) is 17.2 Å². The van der Waals surface area contributed by atoms with Gasteiger partial charge in [0.2, 0.25) is 5.54 Å². The molecule has 0 aliphatic rings. The molecule has 2 aromatic rings. The number of amides is 1. The van der Waals surface area contributed by atoms with Crippen molar-refractivity contribution in [2.45, 2.75) is 25.1 Å². The molecular weight excluding hydrogens is 345 g/mol. The van der Waals surface area contributed by atoms with Gasteiger partial charge < -0.3 is 15.8 Å². The molecule has 7 heteroatoms. The van der Waals surface area contributed by atoms with Crippen LogP contribution in [0.4, 0.5) is 13.2 Å². The Labute approximate surface area is 150 Å². The van der Waals surface area contributed by atoms with Gasteiger partial charge in [-0.1, -0.05) is 48.0 Å². The number of aryl methyl sites for hydroxylation is 1. The van der Waals surface area contributed by atoms with Crippen LogP contribution in [0.25, 0.3) is 0 Å². The fraction of sp³-hybridized carbons (Fsp3) is 0.316. The van der Waals surface area contributed by atoms with Crippen molar-refractivity contribution in [1.29, 1.82) is 0 Å². The first-order valence-corrected chi connectivity index (χ1v) is 8.03. The summed E-state index contributed by atoms with van der Waals surface area (Å²) in [4.78, 5) is 12.4. The van der Waals surface area contributed by atoms with Gasteiger partial charge in [0.25, 0.3) is 5.91 Å². The van der Waals surface area contributed by atoms with Crippen LogP contribution in [0.3, 0.4) is 0 Å². The van der Waals surface area contributed by atoms with Gasteiger partial charge in [-0.3, -0.25) is 4.79 Å². The zero-order valence-electron chi connectivity index (χ0n) is 14.6. The monoisotopic (exact) mass is 366 g/mol. The summed E-state index contributed by atoms with van der Waals surface area (Å²) in [7, 11) is 1.23. The maximum atomic E-state index is 13.7. The number of hydrogen-bond acceptors (Lipinski definition) is 3. The maximum absolute atomic E-state index is 13.7. The standard InChI is InChI=1S/C19H21F3N2O2/c1-13-6-5-7-14(12-13)10-11-24-17(25)18(23,19(20,21)22)15-8-3-4-9-16(15)26-2/h3-9,12H,10-11,23H2,1-2H3,(H,24,25)/t18-/m0/s1. The predicted octanol–water partition coefficient (Wildman–Crippen LogP) is 3.08. The van der Waals surface area contributed by atoms with E-state index in [9.17, 15) is 18.0 Å². The van der Waals surface area contributed by atoms with Crippen LogP contribution in [0.1, 0.15) is 16.7 Å². The smallest absolute Gasteiger partial charge is 0.419 e. The number of para-hydroxylation sites is 1. The van der Waals surface area contributed by atoms with Crippen LogP contribution in [-0.2, 0) is 16.8 Å². The molecule has 0 radical (unpaired) electrons. The molecule has 0 aliphatic heterocycles. The van der Waals surface area contributed by atoms with Crippen molar-refractivity contribution in [3.63, 3.8) is 0 Å². The van der Waals surface area contributed by atoms with Gasteiger partial charge >= 0.3 is 6.18 Å². The largest absolute Gasteiger partial charge is 0.496 e. The van der Waals surface area contributed by atoms with E-state index in [0.29, 0.717) is 6.42 Å². The second-order valence-corrected chi connectivity index (χ2v) is 6.00. The SMILES string of the molecule is COc1ccccc1[C@](N)(C(=O)NCCc1cccc(C)c1)C(F)(F)F. The summed E-state index contributed by atoms with van der Waals surface area (Å²) < 4.78 is 46.1. The highest BCUT2D eigenvalue weighted by atomic mass is 19.4. The van der Waals surface area contributed by atoms with Gasteiger partial charge in [0.05, 0.1) is 7.11 Å². The Kier molecular flexibility index (Phi) is 5.92. The lowest BCUT2D eigenvalue weighted by atomic mass is 9.88. The lowest BCUT2D eigenvalue weighted by Crippen LogP contribution is -2.61. The molecule has 26 heavy (non-hydrogen) atoms. The van der Waals surface area contributed by atoms with Crippen LogP contribution in [0.2, 0.25) is 0 Å². The summed E-state index contributed by atoms with van der Waals surface area (Å²) in [6.07, 6.45) is -4.59. The minimum absolute atomic E-state index is 0.0342. The molecule has 1 atom stereocenters. The van der Waals surface area contributed by atoms with Crippen LogP contribution in [-0.4, -0.2) is 25.7 Å². The number of benzene rings is 2. The molecule has 0 aliphatic carbocycles. The molecule has 3 N–H and O–H groups in total. The molecule has 0 bridgehead atoms. The number of rotatable bonds is 6. The number of halogens is 3. The molecule has 0 unspecified atom stereocenters. The van der Waals surface area contributed by atoms with Gasteiger partial charge in [0, 0.05) is 12.1 Å². The maximum Gasteiger partial charge on any atom is 0.419 e. The number of nitrogens with one attached hydrogen (secondary N) is 1. The van der Waals surface area contributed by atoms with E-state index in [-0.39, 0.29) is 12.3 Å². The van der Waals surface area contributed by atoms with Crippen molar-refractivity contribution in [3.8, 4) is 5.75 Å². The lowest BCUT2D eigenvalue weighted by Gasteiger charge is -2.31. The van der Waals surface area contributed by atoms with Crippen molar-refractivity contribution >= 4 is 5.91 Å². The molecular formula is C19H21F3N2O2. The summed E-state index contributed by atoms with van der Waals surface area (Å²) in [5, 5.41) is 2.31. The second kappa shape index (κ2) is 7.78. The van der Waals surface area contributed by atoms with E-state index in [1.807, 2.05) is 31.2 Å². The highest BCUT2D eigenvalue weighted by Gasteiger charge is 2.60. The van der Waals surface area contributed by atoms with Crippen molar-refractivity contribution in [3.05, 3.63) is 65.2 Å². The number of carbonyl (C=O) groups excluding carboxylic acids is 1. The van der Waals surface area contributed by atoms with Gasteiger partial charge in [-0.05, 0) is 25.0 Å². The van der Waals surface area contributed by atoms with Gasteiger partial charge in [-0.25, -0.2) is 0 Å². The van der Waals surface area contributed by atoms with Crippen LogP contribution in [0.5, 0.6) is 5.75 Å². The van der Waals surface area contributed by atoms with Crippen LogP contribution in [0.15, 0.2) is 48.5 Å². The van der Waals surface area contributed by atoms with E-state index < -0.39 is 23.2 Å². The highest BCUT2D eigenvalue weighted by Crippen LogP contribution is 2.40. The number of hydrogen-bond donors (Lipinski definition) is 2. The molecule has 0 heterocycles. The van der Waals surface area contributed by atoms with Crippen LogP contribution in [0, 0.1) is 6.92 Å². The Morgan fingerprint density at radius 1 is 1.15 bits per heavy atom. The van der Waals surface area contributed by atoms with E-state index in [4.69, 9.17) is 10.5 Å². The number of ether oxygens (including phenoxy) is 1. The van der Waals surface area contributed by atoms with Crippen LogP contribution >= 0.6 is 0 Å². The summed E-state index contributed by atoms with van der Waals surface area (Å²) >= 11 is 0. The fourth-order valence-corrected chi connectivity index (χ4v) is 2.70. The number of methoxy groups -OCH3 is 1. The zero-order valence-corrected chi connectivity index (χ0v) is 14.6. The number of nitrogens with two attached hydrogens (primary N) is 1. The molecule has 0 fully saturated rings. The Morgan fingerprint density at radius 3 is 2.46 bits per heavy atom. The van der Waals surface area contributed by atoms with Crippen LogP contribution < -0.4 is 15.8 Å². The van der Waals surface area contributed by atoms with Crippen molar-refractivity contribution in [2.24, 2.45) is 5.73 Å². The Morgan fingerprint density at radius 2 is 1.85 bits per heavy atom. The number of carbonyl (C=O) groups is 1. The summed E-state index contributed by atoms with van der Waals surface area (Å²) in [5.74, 6) is -1.41. The molecule has 0 saturated carbocycles. The molecule has 4 nitrogen and oxygen atoms in total. The Bertz CT molecular complexity index is 777. The topological polar surface area (TPSA) is 64.3 Å². The summed E-state index contributed by atoms with van der Waals surface area (Å²) in [6.45, 7) is 1.95. The van der Waals surface area contributed by atoms with Crippen molar-refractivity contribution in [2.75, 3.05) is 13.7 Å². The summed E-state index contributed by atoms with van der Waals surface area (Å²) in [6, 6.07) is 12.9. The van der Waals surface area contributed by atoms with Gasteiger partial charge in [-0.15, -0.1) is 0 Å². The third-order valence-electron chi connectivity index (χ3n) is 4.12. The molecule has 2 aromatic carbocycles. The van der Waals surface area contributed by atoms with E-state index in [1.165, 1.54) is 25.3 Å². The first-order chi connectivity index (χ1) is 12.2. The molecule has 0 saturated heterocycles. The van der Waals surface area contributed by atoms with Crippen molar-refractivity contribution < 1.29 is 22.7 Å². The first-order valence-electron chi connectivity index (χ1n) is 8.03. The second-order valence-electron chi connectivity index (χ2n) is 6.00. The van der Waals surface area contributed by atoms with Gasteiger partial charge in [0.15, 0.2) is 0 Å². The van der Waals surface area contributed by atoms with E-state index >= 15 is 0 Å².